The third-order valence-corrected chi connectivity index (χ3v) is 9.26. The zero-order valence-electron chi connectivity index (χ0n) is 13.1. The average Bonchev–Trinajstić information content (AvgIpc) is 2.70. The van der Waals surface area contributed by atoms with Crippen molar-refractivity contribution in [2.45, 2.75) is 82.8 Å². The van der Waals surface area contributed by atoms with E-state index in [9.17, 15) is 4.79 Å². The van der Waals surface area contributed by atoms with Crippen LogP contribution in [0.25, 0.3) is 0 Å². The summed E-state index contributed by atoms with van der Waals surface area (Å²) in [5.41, 5.74) is 0.436. The molecule has 3 rings (SSSR count). The lowest BCUT2D eigenvalue weighted by atomic mass is 9.63. The van der Waals surface area contributed by atoms with Crippen molar-refractivity contribution in [3.8, 4) is 0 Å². The lowest BCUT2D eigenvalue weighted by Crippen LogP contribution is -2.53. The summed E-state index contributed by atoms with van der Waals surface area (Å²) in [6, 6.07) is 0. The smallest absolute Gasteiger partial charge is 0.141 e. The molecule has 3 aliphatic rings. The molecule has 0 aromatic heterocycles. The first kappa shape index (κ1) is 13.8. The second kappa shape index (κ2) is 3.94. The molecule has 0 amide bonds. The van der Waals surface area contributed by atoms with Crippen molar-refractivity contribution in [1.82, 2.24) is 0 Å². The first-order chi connectivity index (χ1) is 8.72. The van der Waals surface area contributed by atoms with Gasteiger partial charge in [-0.1, -0.05) is 19.6 Å². The van der Waals surface area contributed by atoms with Crippen molar-refractivity contribution in [2.75, 3.05) is 0 Å². The highest BCUT2D eigenvalue weighted by molar-refractivity contribution is 6.77. The molecule has 1 spiro atoms. The Morgan fingerprint density at radius 3 is 2.58 bits per heavy atom. The molecule has 0 aromatic rings. The van der Waals surface area contributed by atoms with Crippen molar-refractivity contribution in [2.24, 2.45) is 11.3 Å². The predicted molar refractivity (Wildman–Crippen MR) is 80.1 cm³/mol. The molecule has 0 radical (unpaired) electrons. The zero-order chi connectivity index (χ0) is 14.1. The molecule has 3 heteroatoms. The summed E-state index contributed by atoms with van der Waals surface area (Å²) in [7, 11) is -1.25. The van der Waals surface area contributed by atoms with Crippen LogP contribution in [0.4, 0.5) is 0 Å². The van der Waals surface area contributed by atoms with E-state index < -0.39 is 8.07 Å². The molecule has 19 heavy (non-hydrogen) atoms. The molecule has 0 unspecified atom stereocenters. The van der Waals surface area contributed by atoms with Crippen LogP contribution in [0.15, 0.2) is 0 Å². The highest BCUT2D eigenvalue weighted by atomic mass is 28.3. The van der Waals surface area contributed by atoms with Crippen LogP contribution in [0.5, 0.6) is 0 Å². The molecular weight excluding hydrogens is 252 g/mol. The summed E-state index contributed by atoms with van der Waals surface area (Å²) in [6.07, 6.45) is 5.55. The fourth-order valence-electron chi connectivity index (χ4n) is 5.71. The van der Waals surface area contributed by atoms with E-state index in [-0.39, 0.29) is 11.0 Å². The fourth-order valence-corrected chi connectivity index (χ4v) is 8.83. The lowest BCUT2D eigenvalue weighted by molar-refractivity contribution is -0.162. The second-order valence-corrected chi connectivity index (χ2v) is 13.8. The van der Waals surface area contributed by atoms with Crippen molar-refractivity contribution < 1.29 is 9.53 Å². The topological polar surface area (TPSA) is 26.3 Å². The summed E-state index contributed by atoms with van der Waals surface area (Å²) in [5.74, 6) is 1.12. The van der Waals surface area contributed by atoms with Gasteiger partial charge in [0.2, 0.25) is 0 Å². The Bertz CT molecular complexity index is 413. The van der Waals surface area contributed by atoms with Crippen LogP contribution in [0, 0.1) is 11.3 Å². The molecule has 1 aliphatic heterocycles. The Morgan fingerprint density at radius 1 is 1.26 bits per heavy atom. The number of hydrogen-bond acceptors (Lipinski definition) is 2. The lowest BCUT2D eigenvalue weighted by Gasteiger charge is -2.46. The van der Waals surface area contributed by atoms with Crippen molar-refractivity contribution in [3.63, 3.8) is 0 Å². The highest BCUT2D eigenvalue weighted by Crippen LogP contribution is 2.67. The first-order valence-electron chi connectivity index (χ1n) is 7.93. The fraction of sp³-hybridized carbons (Fsp3) is 0.938. The van der Waals surface area contributed by atoms with Gasteiger partial charge in [0, 0.05) is 6.42 Å². The number of ketones is 1. The van der Waals surface area contributed by atoms with Crippen molar-refractivity contribution >= 4 is 13.9 Å². The Labute approximate surface area is 118 Å². The number of rotatable bonds is 1. The van der Waals surface area contributed by atoms with Crippen molar-refractivity contribution in [3.05, 3.63) is 0 Å². The summed E-state index contributed by atoms with van der Waals surface area (Å²) < 4.78 is 6.60. The van der Waals surface area contributed by atoms with Gasteiger partial charge in [0.05, 0.1) is 25.2 Å². The van der Waals surface area contributed by atoms with Gasteiger partial charge in [0.25, 0.3) is 0 Å². The van der Waals surface area contributed by atoms with Crippen LogP contribution < -0.4 is 0 Å². The van der Waals surface area contributed by atoms with E-state index in [0.717, 1.165) is 31.2 Å². The van der Waals surface area contributed by atoms with E-state index in [2.05, 4.69) is 33.5 Å². The van der Waals surface area contributed by atoms with Gasteiger partial charge in [-0.15, -0.1) is 0 Å². The number of ether oxygens (including phenoxy) is 1. The van der Waals surface area contributed by atoms with E-state index in [0.29, 0.717) is 17.8 Å². The Morgan fingerprint density at radius 2 is 1.95 bits per heavy atom. The Hall–Kier alpha value is -0.153. The minimum atomic E-state index is -1.25. The van der Waals surface area contributed by atoms with E-state index in [1.54, 1.807) is 0 Å². The zero-order valence-corrected chi connectivity index (χ0v) is 14.1. The molecule has 108 valence electrons. The van der Waals surface area contributed by atoms with Gasteiger partial charge in [0.1, 0.15) is 5.78 Å². The van der Waals surface area contributed by atoms with E-state index >= 15 is 0 Å². The van der Waals surface area contributed by atoms with Crippen LogP contribution in [0.2, 0.25) is 25.2 Å². The van der Waals surface area contributed by atoms with E-state index in [1.807, 2.05) is 0 Å². The third-order valence-electron chi connectivity index (χ3n) is 6.39. The molecule has 3 fully saturated rings. The first-order valence-corrected chi connectivity index (χ1v) is 11.5. The minimum absolute atomic E-state index is 0.104. The van der Waals surface area contributed by atoms with Gasteiger partial charge in [-0.3, -0.25) is 4.79 Å². The summed E-state index contributed by atoms with van der Waals surface area (Å²) >= 11 is 0. The Kier molecular flexibility index (Phi) is 2.87. The number of carbonyl (C=O) groups excluding carboxylic acids is 1. The summed E-state index contributed by atoms with van der Waals surface area (Å²) in [6.45, 7) is 11.9. The number of hydrogen-bond donors (Lipinski definition) is 0. The summed E-state index contributed by atoms with van der Waals surface area (Å²) in [5, 5.41) is 0. The minimum Gasteiger partial charge on any atom is -0.371 e. The highest BCUT2D eigenvalue weighted by Gasteiger charge is 2.70. The molecule has 0 bridgehead atoms. The molecule has 2 aliphatic carbocycles. The molecule has 5 atom stereocenters. The molecular formula is C16H28O2Si. The van der Waals surface area contributed by atoms with Crippen LogP contribution in [0.1, 0.15) is 46.0 Å². The van der Waals surface area contributed by atoms with Gasteiger partial charge in [0.15, 0.2) is 0 Å². The predicted octanol–water partition coefficient (Wildman–Crippen LogP) is 4.02. The molecule has 0 aromatic carbocycles. The summed E-state index contributed by atoms with van der Waals surface area (Å²) in [4.78, 5) is 12.5. The molecule has 1 saturated heterocycles. The molecule has 2 saturated carbocycles. The van der Waals surface area contributed by atoms with E-state index in [4.69, 9.17) is 4.74 Å². The van der Waals surface area contributed by atoms with Crippen molar-refractivity contribution in [1.29, 1.82) is 0 Å². The average molecular weight is 280 g/mol. The van der Waals surface area contributed by atoms with Crippen LogP contribution >= 0.6 is 0 Å². The van der Waals surface area contributed by atoms with Crippen LogP contribution in [-0.4, -0.2) is 25.6 Å². The normalized spacial score (nSPS) is 50.2. The SMILES string of the molecule is C[C@@H]1O[C@@]23CCCC(=O)[C@]2(C)CC[C@H]3[C@H]1[Si](C)(C)C. The molecule has 2 nitrogen and oxygen atoms in total. The van der Waals surface area contributed by atoms with Gasteiger partial charge < -0.3 is 4.74 Å². The number of carbonyl (C=O) groups is 1. The molecule has 0 N–H and O–H groups in total. The number of Topliss-reactive ketones (excluding diaryl/α,β-unsaturated/α-hetero) is 1. The van der Waals surface area contributed by atoms with E-state index in [1.165, 1.54) is 6.42 Å². The second-order valence-electron chi connectivity index (χ2n) is 8.36. The third kappa shape index (κ3) is 1.60. The van der Waals surface area contributed by atoms with Crippen LogP contribution in [0.3, 0.4) is 0 Å². The van der Waals surface area contributed by atoms with Gasteiger partial charge in [-0.2, -0.15) is 0 Å². The maximum Gasteiger partial charge on any atom is 0.141 e. The maximum absolute atomic E-state index is 12.5. The van der Waals surface area contributed by atoms with Crippen LogP contribution in [-0.2, 0) is 9.53 Å². The van der Waals surface area contributed by atoms with Gasteiger partial charge in [-0.05, 0) is 51.0 Å². The van der Waals surface area contributed by atoms with Gasteiger partial charge >= 0.3 is 0 Å². The quantitative estimate of drug-likeness (QED) is 0.678. The molecule has 1 heterocycles. The largest absolute Gasteiger partial charge is 0.371 e. The van der Waals surface area contributed by atoms with Gasteiger partial charge in [-0.25, -0.2) is 0 Å². The monoisotopic (exact) mass is 280 g/mol. The Balaban J connectivity index is 2.04. The standard InChI is InChI=1S/C16H28O2Si/c1-11-14(19(3,4)5)12-8-10-15(2)13(17)7-6-9-16(12,15)18-11/h11-12,14H,6-10H2,1-5H3/t11-,12-,14-,15-,16+/m0/s1. The maximum atomic E-state index is 12.5.